The maximum Gasteiger partial charge on any atom is 0.224 e. The minimum absolute atomic E-state index is 0.0435. The largest absolute Gasteiger partial charge is 0.464 e. The van der Waals surface area contributed by atoms with Crippen LogP contribution in [0, 0.1) is 13.8 Å². The normalized spacial score (nSPS) is 11.3. The highest BCUT2D eigenvalue weighted by molar-refractivity contribution is 5.88. The van der Waals surface area contributed by atoms with Crippen LogP contribution in [0.15, 0.2) is 47.1 Å². The number of benzene rings is 2. The number of imidazole rings is 1. The standard InChI is InChI=1S/C21H21N3O2/c1-13-8-16-15(12-26-19(16)9-14(13)2)10-21(25)22-11-20-23-17-6-4-5-7-18(17)24(20)3/h4-9,12H,10-11H2,1-3H3,(H,22,25). The van der Waals surface area contributed by atoms with Gasteiger partial charge in [-0.1, -0.05) is 12.1 Å². The predicted molar refractivity (Wildman–Crippen MR) is 102 cm³/mol. The summed E-state index contributed by atoms with van der Waals surface area (Å²) >= 11 is 0. The van der Waals surface area contributed by atoms with Gasteiger partial charge >= 0.3 is 0 Å². The van der Waals surface area contributed by atoms with Gasteiger partial charge in [-0.25, -0.2) is 4.98 Å². The van der Waals surface area contributed by atoms with Gasteiger partial charge in [0, 0.05) is 18.0 Å². The Hall–Kier alpha value is -3.08. The van der Waals surface area contributed by atoms with E-state index in [2.05, 4.69) is 30.2 Å². The molecule has 2 heterocycles. The van der Waals surface area contributed by atoms with Gasteiger partial charge in [0.1, 0.15) is 11.4 Å². The summed E-state index contributed by atoms with van der Waals surface area (Å²) in [7, 11) is 1.96. The van der Waals surface area contributed by atoms with Crippen LogP contribution in [0.5, 0.6) is 0 Å². The van der Waals surface area contributed by atoms with Crippen molar-refractivity contribution in [1.82, 2.24) is 14.9 Å². The SMILES string of the molecule is Cc1cc2occ(CC(=O)NCc3nc4ccccc4n3C)c2cc1C. The molecule has 0 aliphatic carbocycles. The number of aromatic nitrogens is 2. The summed E-state index contributed by atoms with van der Waals surface area (Å²) in [6.45, 7) is 4.52. The van der Waals surface area contributed by atoms with Crippen molar-refractivity contribution in [2.45, 2.75) is 26.8 Å². The summed E-state index contributed by atoms with van der Waals surface area (Å²) in [5.41, 5.74) is 6.11. The van der Waals surface area contributed by atoms with Crippen molar-refractivity contribution in [2.24, 2.45) is 7.05 Å². The molecule has 0 saturated heterocycles. The van der Waals surface area contributed by atoms with Crippen molar-refractivity contribution >= 4 is 27.9 Å². The van der Waals surface area contributed by atoms with Crippen molar-refractivity contribution < 1.29 is 9.21 Å². The zero-order valence-electron chi connectivity index (χ0n) is 15.2. The molecule has 0 aliphatic heterocycles. The van der Waals surface area contributed by atoms with E-state index in [1.807, 2.05) is 41.9 Å². The van der Waals surface area contributed by atoms with Crippen molar-refractivity contribution in [3.63, 3.8) is 0 Å². The minimum atomic E-state index is -0.0435. The first-order valence-corrected chi connectivity index (χ1v) is 8.67. The summed E-state index contributed by atoms with van der Waals surface area (Å²) in [6, 6.07) is 12.1. The molecule has 0 fully saturated rings. The van der Waals surface area contributed by atoms with E-state index in [-0.39, 0.29) is 5.91 Å². The average Bonchev–Trinajstić information content (AvgIpc) is 3.15. The molecular weight excluding hydrogens is 326 g/mol. The van der Waals surface area contributed by atoms with E-state index in [0.717, 1.165) is 33.4 Å². The highest BCUT2D eigenvalue weighted by Gasteiger charge is 2.13. The molecule has 4 aromatic rings. The minimum Gasteiger partial charge on any atom is -0.464 e. The zero-order chi connectivity index (χ0) is 18.3. The summed E-state index contributed by atoms with van der Waals surface area (Å²) in [5, 5.41) is 3.97. The molecule has 4 rings (SSSR count). The molecule has 0 spiro atoms. The number of nitrogens with one attached hydrogen (secondary N) is 1. The zero-order valence-corrected chi connectivity index (χ0v) is 15.2. The molecule has 1 N–H and O–H groups in total. The molecule has 0 aliphatic rings. The molecule has 2 aromatic carbocycles. The topological polar surface area (TPSA) is 60.1 Å². The lowest BCUT2D eigenvalue weighted by atomic mass is 10.0. The smallest absolute Gasteiger partial charge is 0.224 e. The third-order valence-electron chi connectivity index (χ3n) is 4.94. The lowest BCUT2D eigenvalue weighted by Crippen LogP contribution is -2.25. The number of hydrogen-bond acceptors (Lipinski definition) is 3. The maximum absolute atomic E-state index is 12.4. The predicted octanol–water partition coefficient (Wildman–Crippen LogP) is 3.80. The molecule has 0 unspecified atom stereocenters. The first kappa shape index (κ1) is 16.4. The highest BCUT2D eigenvalue weighted by atomic mass is 16.3. The van der Waals surface area contributed by atoms with Crippen LogP contribution in [0.2, 0.25) is 0 Å². The number of nitrogens with zero attached hydrogens (tertiary/aromatic N) is 2. The van der Waals surface area contributed by atoms with Gasteiger partial charge < -0.3 is 14.3 Å². The lowest BCUT2D eigenvalue weighted by molar-refractivity contribution is -0.120. The lowest BCUT2D eigenvalue weighted by Gasteiger charge is -2.05. The van der Waals surface area contributed by atoms with Gasteiger partial charge in [-0.05, 0) is 49.2 Å². The monoisotopic (exact) mass is 347 g/mol. The number of fused-ring (bicyclic) bond motifs is 2. The van der Waals surface area contributed by atoms with Gasteiger partial charge in [0.15, 0.2) is 0 Å². The number of amides is 1. The molecule has 0 saturated carbocycles. The van der Waals surface area contributed by atoms with Crippen LogP contribution in [-0.2, 0) is 24.8 Å². The number of aryl methyl sites for hydroxylation is 3. The number of hydrogen-bond donors (Lipinski definition) is 1. The molecule has 5 heteroatoms. The van der Waals surface area contributed by atoms with Gasteiger partial charge in [-0.15, -0.1) is 0 Å². The molecule has 5 nitrogen and oxygen atoms in total. The van der Waals surface area contributed by atoms with E-state index in [4.69, 9.17) is 4.42 Å². The van der Waals surface area contributed by atoms with Crippen LogP contribution in [0.1, 0.15) is 22.5 Å². The Morgan fingerprint density at radius 2 is 1.96 bits per heavy atom. The molecule has 0 bridgehead atoms. The van der Waals surface area contributed by atoms with E-state index in [0.29, 0.717) is 13.0 Å². The van der Waals surface area contributed by atoms with Gasteiger partial charge in [-0.2, -0.15) is 0 Å². The van der Waals surface area contributed by atoms with Crippen LogP contribution in [0.3, 0.4) is 0 Å². The van der Waals surface area contributed by atoms with E-state index >= 15 is 0 Å². The van der Waals surface area contributed by atoms with Crippen LogP contribution in [0.25, 0.3) is 22.0 Å². The third-order valence-corrected chi connectivity index (χ3v) is 4.94. The van der Waals surface area contributed by atoms with E-state index in [1.54, 1.807) is 6.26 Å². The Bertz CT molecular complexity index is 1120. The first-order valence-electron chi connectivity index (χ1n) is 8.67. The van der Waals surface area contributed by atoms with Crippen molar-refractivity contribution in [3.8, 4) is 0 Å². The third kappa shape index (κ3) is 2.86. The second-order valence-electron chi connectivity index (χ2n) is 6.72. The van der Waals surface area contributed by atoms with Gasteiger partial charge in [0.05, 0.1) is 30.3 Å². The van der Waals surface area contributed by atoms with Crippen molar-refractivity contribution in [1.29, 1.82) is 0 Å². The molecular formula is C21H21N3O2. The van der Waals surface area contributed by atoms with Crippen LogP contribution in [-0.4, -0.2) is 15.5 Å². The Morgan fingerprint density at radius 1 is 1.19 bits per heavy atom. The summed E-state index contributed by atoms with van der Waals surface area (Å²) in [5.74, 6) is 0.793. The Morgan fingerprint density at radius 3 is 2.77 bits per heavy atom. The Labute approximate surface area is 151 Å². The molecule has 26 heavy (non-hydrogen) atoms. The van der Waals surface area contributed by atoms with Crippen LogP contribution < -0.4 is 5.32 Å². The van der Waals surface area contributed by atoms with Crippen molar-refractivity contribution in [2.75, 3.05) is 0 Å². The average molecular weight is 347 g/mol. The summed E-state index contributed by atoms with van der Waals surface area (Å²) in [6.07, 6.45) is 1.97. The second kappa shape index (κ2) is 6.33. The van der Waals surface area contributed by atoms with Crippen LogP contribution >= 0.6 is 0 Å². The number of carbonyl (C=O) groups excluding carboxylic acids is 1. The number of carbonyl (C=O) groups is 1. The molecule has 0 atom stereocenters. The molecule has 132 valence electrons. The van der Waals surface area contributed by atoms with E-state index in [1.165, 1.54) is 11.1 Å². The van der Waals surface area contributed by atoms with Gasteiger partial charge in [0.2, 0.25) is 5.91 Å². The quantitative estimate of drug-likeness (QED) is 0.611. The van der Waals surface area contributed by atoms with E-state index < -0.39 is 0 Å². The number of furan rings is 1. The maximum atomic E-state index is 12.4. The molecule has 2 aromatic heterocycles. The van der Waals surface area contributed by atoms with Crippen LogP contribution in [0.4, 0.5) is 0 Å². The van der Waals surface area contributed by atoms with Gasteiger partial charge in [0.25, 0.3) is 0 Å². The molecule has 0 radical (unpaired) electrons. The molecule has 1 amide bonds. The van der Waals surface area contributed by atoms with E-state index in [9.17, 15) is 4.79 Å². The Kier molecular flexibility index (Phi) is 3.99. The second-order valence-corrected chi connectivity index (χ2v) is 6.72. The number of rotatable bonds is 4. The van der Waals surface area contributed by atoms with Crippen molar-refractivity contribution in [3.05, 3.63) is 65.2 Å². The Balaban J connectivity index is 1.49. The van der Waals surface area contributed by atoms with Gasteiger partial charge in [-0.3, -0.25) is 4.79 Å². The highest BCUT2D eigenvalue weighted by Crippen LogP contribution is 2.25. The fourth-order valence-electron chi connectivity index (χ4n) is 3.24. The fourth-order valence-corrected chi connectivity index (χ4v) is 3.24. The summed E-state index contributed by atoms with van der Waals surface area (Å²) in [4.78, 5) is 17.0. The first-order chi connectivity index (χ1) is 12.5. The fraction of sp³-hybridized carbons (Fsp3) is 0.238. The summed E-state index contributed by atoms with van der Waals surface area (Å²) < 4.78 is 7.62. The number of para-hydroxylation sites is 2.